The van der Waals surface area contributed by atoms with E-state index in [1.54, 1.807) is 36.8 Å². The van der Waals surface area contributed by atoms with Crippen LogP contribution in [-0.4, -0.2) is 25.2 Å². The molecule has 1 N–H and O–H groups in total. The van der Waals surface area contributed by atoms with Crippen LogP contribution >= 0.6 is 11.3 Å². The highest BCUT2D eigenvalue weighted by atomic mass is 32.1. The van der Waals surface area contributed by atoms with Crippen LogP contribution in [0.1, 0.15) is 16.6 Å². The van der Waals surface area contributed by atoms with Gasteiger partial charge in [0.25, 0.3) is 0 Å². The molecule has 18 heavy (non-hydrogen) atoms. The van der Waals surface area contributed by atoms with Crippen LogP contribution in [0.3, 0.4) is 0 Å². The van der Waals surface area contributed by atoms with E-state index in [1.807, 2.05) is 5.38 Å². The molecule has 1 heterocycles. The average molecular weight is 266 g/mol. The molecule has 0 saturated carbocycles. The van der Waals surface area contributed by atoms with Gasteiger partial charge in [-0.3, -0.25) is 0 Å². The number of ether oxygens (including phenoxy) is 1. The predicted molar refractivity (Wildman–Crippen MR) is 70.2 cm³/mol. The van der Waals surface area contributed by atoms with Gasteiger partial charge in [0, 0.05) is 25.2 Å². The lowest BCUT2D eigenvalue weighted by atomic mass is 10.1. The maximum Gasteiger partial charge on any atom is 0.123 e. The molecular weight excluding hydrogens is 251 g/mol. The zero-order valence-electron chi connectivity index (χ0n) is 10.1. The monoisotopic (exact) mass is 266 g/mol. The smallest absolute Gasteiger partial charge is 0.123 e. The fourth-order valence-electron chi connectivity index (χ4n) is 1.69. The number of rotatable bonds is 6. The van der Waals surface area contributed by atoms with Crippen molar-refractivity contribution < 1.29 is 9.13 Å². The number of aromatic nitrogens is 1. The van der Waals surface area contributed by atoms with Crippen LogP contribution in [0.4, 0.5) is 4.39 Å². The molecule has 1 aromatic heterocycles. The summed E-state index contributed by atoms with van der Waals surface area (Å²) in [5, 5.41) is 6.26. The van der Waals surface area contributed by atoms with Crippen molar-refractivity contribution in [2.24, 2.45) is 0 Å². The highest BCUT2D eigenvalue weighted by molar-refractivity contribution is 7.09. The van der Waals surface area contributed by atoms with Gasteiger partial charge >= 0.3 is 0 Å². The van der Waals surface area contributed by atoms with E-state index in [0.717, 1.165) is 17.1 Å². The third-order valence-electron chi connectivity index (χ3n) is 2.56. The van der Waals surface area contributed by atoms with E-state index < -0.39 is 0 Å². The Labute approximate surface area is 110 Å². The first kappa shape index (κ1) is 13.1. The van der Waals surface area contributed by atoms with Crippen molar-refractivity contribution in [3.05, 3.63) is 52.2 Å². The van der Waals surface area contributed by atoms with Gasteiger partial charge in [0.15, 0.2) is 0 Å². The summed E-state index contributed by atoms with van der Waals surface area (Å²) >= 11 is 1.58. The molecule has 1 atom stereocenters. The van der Waals surface area contributed by atoms with Crippen molar-refractivity contribution in [2.75, 3.05) is 20.3 Å². The van der Waals surface area contributed by atoms with Gasteiger partial charge in [-0.05, 0) is 17.7 Å². The first-order valence-corrected chi connectivity index (χ1v) is 6.56. The Balaban J connectivity index is 2.16. The van der Waals surface area contributed by atoms with E-state index in [0.29, 0.717) is 6.61 Å². The van der Waals surface area contributed by atoms with Crippen molar-refractivity contribution >= 4 is 11.3 Å². The van der Waals surface area contributed by atoms with Gasteiger partial charge < -0.3 is 10.1 Å². The lowest BCUT2D eigenvalue weighted by Crippen LogP contribution is -2.25. The summed E-state index contributed by atoms with van der Waals surface area (Å²) in [7, 11) is 1.66. The van der Waals surface area contributed by atoms with E-state index in [4.69, 9.17) is 4.74 Å². The highest BCUT2D eigenvalue weighted by Gasteiger charge is 2.15. The summed E-state index contributed by atoms with van der Waals surface area (Å²) in [6.07, 6.45) is 1.77. The zero-order chi connectivity index (χ0) is 12.8. The number of benzene rings is 1. The van der Waals surface area contributed by atoms with Crippen molar-refractivity contribution in [2.45, 2.75) is 6.04 Å². The SMILES string of the molecule is COCCNC(c1ccc(F)cc1)c1nccs1. The van der Waals surface area contributed by atoms with Gasteiger partial charge in [0.2, 0.25) is 0 Å². The minimum Gasteiger partial charge on any atom is -0.383 e. The summed E-state index contributed by atoms with van der Waals surface area (Å²) in [6, 6.07) is 6.48. The van der Waals surface area contributed by atoms with Crippen LogP contribution in [0, 0.1) is 5.82 Å². The van der Waals surface area contributed by atoms with Crippen molar-refractivity contribution in [1.29, 1.82) is 0 Å². The number of nitrogens with zero attached hydrogens (tertiary/aromatic N) is 1. The van der Waals surface area contributed by atoms with E-state index in [9.17, 15) is 4.39 Å². The molecule has 0 aliphatic rings. The third-order valence-corrected chi connectivity index (χ3v) is 3.40. The van der Waals surface area contributed by atoms with Gasteiger partial charge in [-0.1, -0.05) is 12.1 Å². The van der Waals surface area contributed by atoms with Crippen molar-refractivity contribution in [3.8, 4) is 0 Å². The minimum atomic E-state index is -0.228. The molecule has 96 valence electrons. The van der Waals surface area contributed by atoms with Crippen molar-refractivity contribution in [3.63, 3.8) is 0 Å². The molecule has 1 aromatic carbocycles. The molecular formula is C13H15FN2OS. The Hall–Kier alpha value is -1.30. The van der Waals surface area contributed by atoms with Gasteiger partial charge in [0.05, 0.1) is 12.6 Å². The number of thiazole rings is 1. The first-order valence-electron chi connectivity index (χ1n) is 5.68. The first-order chi connectivity index (χ1) is 8.81. The van der Waals surface area contributed by atoms with E-state index in [2.05, 4.69) is 10.3 Å². The van der Waals surface area contributed by atoms with Gasteiger partial charge in [-0.15, -0.1) is 11.3 Å². The Bertz CT molecular complexity index is 458. The maximum atomic E-state index is 12.9. The molecule has 5 heteroatoms. The Kier molecular flexibility index (Phi) is 4.81. The van der Waals surface area contributed by atoms with Gasteiger partial charge in [0.1, 0.15) is 10.8 Å². The second-order valence-electron chi connectivity index (χ2n) is 3.80. The fraction of sp³-hybridized carbons (Fsp3) is 0.308. The summed E-state index contributed by atoms with van der Waals surface area (Å²) in [4.78, 5) is 4.32. The number of halogens is 1. The molecule has 2 rings (SSSR count). The number of hydrogen-bond acceptors (Lipinski definition) is 4. The minimum absolute atomic E-state index is 0.0132. The summed E-state index contributed by atoms with van der Waals surface area (Å²) in [6.45, 7) is 1.35. The Morgan fingerprint density at radius 3 is 2.78 bits per heavy atom. The van der Waals surface area contributed by atoms with Crippen LogP contribution in [-0.2, 0) is 4.74 Å². The fourth-order valence-corrected chi connectivity index (χ4v) is 2.42. The molecule has 2 aromatic rings. The van der Waals surface area contributed by atoms with Crippen LogP contribution in [0.25, 0.3) is 0 Å². The Morgan fingerprint density at radius 2 is 2.17 bits per heavy atom. The molecule has 0 saturated heterocycles. The number of hydrogen-bond donors (Lipinski definition) is 1. The van der Waals surface area contributed by atoms with Crippen LogP contribution in [0.15, 0.2) is 35.8 Å². The van der Waals surface area contributed by atoms with Gasteiger partial charge in [-0.2, -0.15) is 0 Å². The quantitative estimate of drug-likeness (QED) is 0.816. The van der Waals surface area contributed by atoms with Crippen LogP contribution < -0.4 is 5.32 Å². The average Bonchev–Trinajstić information content (AvgIpc) is 2.90. The second kappa shape index (κ2) is 6.58. The molecule has 3 nitrogen and oxygen atoms in total. The van der Waals surface area contributed by atoms with Crippen LogP contribution in [0.2, 0.25) is 0 Å². The number of methoxy groups -OCH3 is 1. The molecule has 1 unspecified atom stereocenters. The standard InChI is InChI=1S/C13H15FN2OS/c1-17-8-6-15-12(13-16-7-9-18-13)10-2-4-11(14)5-3-10/h2-5,7,9,12,15H,6,8H2,1H3. The normalized spacial score (nSPS) is 12.6. The summed E-state index contributed by atoms with van der Waals surface area (Å²) in [5.41, 5.74) is 1.00. The molecule has 0 fully saturated rings. The largest absolute Gasteiger partial charge is 0.383 e. The van der Waals surface area contributed by atoms with Crippen molar-refractivity contribution in [1.82, 2.24) is 10.3 Å². The molecule has 0 amide bonds. The second-order valence-corrected chi connectivity index (χ2v) is 4.73. The van der Waals surface area contributed by atoms with E-state index in [-0.39, 0.29) is 11.9 Å². The predicted octanol–water partition coefficient (Wildman–Crippen LogP) is 2.61. The summed E-state index contributed by atoms with van der Waals surface area (Å²) < 4.78 is 18.0. The van der Waals surface area contributed by atoms with E-state index in [1.165, 1.54) is 12.1 Å². The lowest BCUT2D eigenvalue weighted by molar-refractivity contribution is 0.197. The molecule has 0 aliphatic heterocycles. The lowest BCUT2D eigenvalue weighted by Gasteiger charge is -2.16. The maximum absolute atomic E-state index is 12.9. The zero-order valence-corrected chi connectivity index (χ0v) is 10.9. The van der Waals surface area contributed by atoms with Gasteiger partial charge in [-0.25, -0.2) is 9.37 Å². The topological polar surface area (TPSA) is 34.1 Å². The molecule has 0 spiro atoms. The number of nitrogens with one attached hydrogen (secondary N) is 1. The molecule has 0 radical (unpaired) electrons. The Morgan fingerprint density at radius 1 is 1.39 bits per heavy atom. The van der Waals surface area contributed by atoms with Crippen LogP contribution in [0.5, 0.6) is 0 Å². The van der Waals surface area contributed by atoms with E-state index >= 15 is 0 Å². The molecule has 0 aliphatic carbocycles. The molecule has 0 bridgehead atoms. The highest BCUT2D eigenvalue weighted by Crippen LogP contribution is 2.23. The summed E-state index contributed by atoms with van der Waals surface area (Å²) in [5.74, 6) is -0.228. The third kappa shape index (κ3) is 3.35.